The van der Waals surface area contributed by atoms with Crippen molar-refractivity contribution in [3.63, 3.8) is 0 Å². The largest absolute Gasteiger partial charge is 0.349 e. The molecule has 0 saturated heterocycles. The molecule has 4 heteroatoms. The molecular weight excluding hydrogens is 368 g/mol. The average molecular weight is 397 g/mol. The molecule has 0 radical (unpaired) electrons. The lowest BCUT2D eigenvalue weighted by Gasteiger charge is -2.25. The van der Waals surface area contributed by atoms with Crippen molar-refractivity contribution in [2.45, 2.75) is 37.8 Å². The van der Waals surface area contributed by atoms with Crippen LogP contribution in [0.2, 0.25) is 0 Å². The highest BCUT2D eigenvalue weighted by Gasteiger charge is 2.23. The van der Waals surface area contributed by atoms with Gasteiger partial charge in [0.2, 0.25) is 0 Å². The third-order valence-electron chi connectivity index (χ3n) is 6.37. The van der Waals surface area contributed by atoms with Gasteiger partial charge in [-0.1, -0.05) is 61.4 Å². The van der Waals surface area contributed by atoms with E-state index in [1.807, 2.05) is 0 Å². The molecule has 2 atom stereocenters. The van der Waals surface area contributed by atoms with Gasteiger partial charge >= 0.3 is 0 Å². The highest BCUT2D eigenvalue weighted by atomic mass is 15.0. The number of fused-ring (bicyclic) bond motifs is 2. The first kappa shape index (κ1) is 18.9. The van der Waals surface area contributed by atoms with Crippen molar-refractivity contribution >= 4 is 34.0 Å². The number of benzene rings is 2. The standard InChI is InChI=1S/C26H28N4/c1-29-17-19-9-3-5-11-21(19)25(29)15-27-23-13-7-8-14-24(23)28-16-26-22-12-6-4-10-20(22)18-30(26)2/h3-6,9-12,15-18,23-24H,7-8,13-14H2,1-2H3/b27-15-,28-16-. The van der Waals surface area contributed by atoms with Gasteiger partial charge in [-0.05, 0) is 12.8 Å². The van der Waals surface area contributed by atoms with E-state index in [2.05, 4.69) is 96.6 Å². The van der Waals surface area contributed by atoms with Crippen molar-refractivity contribution < 1.29 is 0 Å². The molecule has 2 heterocycles. The van der Waals surface area contributed by atoms with Crippen LogP contribution < -0.4 is 0 Å². The number of aromatic nitrogens is 2. The van der Waals surface area contributed by atoms with E-state index in [4.69, 9.17) is 9.98 Å². The Kier molecular flexibility index (Phi) is 4.99. The molecule has 2 aromatic carbocycles. The predicted octanol–water partition coefficient (Wildman–Crippen LogP) is 5.52. The third-order valence-corrected chi connectivity index (χ3v) is 6.37. The summed E-state index contributed by atoms with van der Waals surface area (Å²) in [6.45, 7) is 0. The van der Waals surface area contributed by atoms with Crippen LogP contribution in [0.15, 0.2) is 70.9 Å². The molecule has 4 nitrogen and oxygen atoms in total. The minimum absolute atomic E-state index is 0.246. The Labute approximate surface area is 177 Å². The smallest absolute Gasteiger partial charge is 0.0723 e. The molecule has 30 heavy (non-hydrogen) atoms. The summed E-state index contributed by atoms with van der Waals surface area (Å²) < 4.78 is 4.34. The van der Waals surface area contributed by atoms with Gasteiger partial charge in [0.15, 0.2) is 0 Å². The third kappa shape index (κ3) is 3.47. The average Bonchev–Trinajstić information content (AvgIpc) is 3.26. The lowest BCUT2D eigenvalue weighted by molar-refractivity contribution is 0.390. The first-order valence-electron chi connectivity index (χ1n) is 10.9. The molecule has 2 unspecified atom stereocenters. The van der Waals surface area contributed by atoms with Gasteiger partial charge in [0.1, 0.15) is 0 Å². The van der Waals surface area contributed by atoms with Gasteiger partial charge in [-0.2, -0.15) is 0 Å². The van der Waals surface area contributed by atoms with Crippen LogP contribution in [0.1, 0.15) is 37.1 Å². The maximum Gasteiger partial charge on any atom is 0.0723 e. The number of aryl methyl sites for hydroxylation is 2. The molecule has 1 aliphatic carbocycles. The second kappa shape index (κ2) is 7.94. The number of aliphatic imine (C=N–C) groups is 2. The Morgan fingerprint density at radius 1 is 0.700 bits per heavy atom. The summed E-state index contributed by atoms with van der Waals surface area (Å²) in [5.41, 5.74) is 2.35. The molecule has 2 aromatic heterocycles. The highest BCUT2D eigenvalue weighted by Crippen LogP contribution is 2.26. The van der Waals surface area contributed by atoms with Crippen molar-refractivity contribution in [3.8, 4) is 0 Å². The fraction of sp³-hybridized carbons (Fsp3) is 0.308. The SMILES string of the molecule is Cn1cc2ccccc2c1/C=N\C1CCCCC1/N=C\c1c2ccccc2cn1C. The predicted molar refractivity (Wildman–Crippen MR) is 127 cm³/mol. The van der Waals surface area contributed by atoms with E-state index in [1.165, 1.54) is 45.8 Å². The second-order valence-electron chi connectivity index (χ2n) is 8.40. The zero-order valence-electron chi connectivity index (χ0n) is 17.7. The molecule has 0 spiro atoms. The second-order valence-corrected chi connectivity index (χ2v) is 8.40. The Morgan fingerprint density at radius 3 is 1.60 bits per heavy atom. The van der Waals surface area contributed by atoms with Gasteiger partial charge in [0.05, 0.1) is 23.5 Å². The molecule has 0 N–H and O–H groups in total. The van der Waals surface area contributed by atoms with Crippen LogP contribution in [-0.4, -0.2) is 33.6 Å². The normalized spacial score (nSPS) is 20.2. The van der Waals surface area contributed by atoms with E-state index in [9.17, 15) is 0 Å². The fourth-order valence-corrected chi connectivity index (χ4v) is 4.72. The Morgan fingerprint density at radius 2 is 1.13 bits per heavy atom. The van der Waals surface area contributed by atoms with E-state index in [1.54, 1.807) is 0 Å². The molecule has 4 aromatic rings. The van der Waals surface area contributed by atoms with Crippen LogP contribution in [0.3, 0.4) is 0 Å². The van der Waals surface area contributed by atoms with Crippen LogP contribution in [0, 0.1) is 0 Å². The van der Waals surface area contributed by atoms with E-state index < -0.39 is 0 Å². The first-order valence-corrected chi connectivity index (χ1v) is 10.9. The van der Waals surface area contributed by atoms with Crippen molar-refractivity contribution in [1.82, 2.24) is 9.13 Å². The Hall–Kier alpha value is -3.14. The van der Waals surface area contributed by atoms with Gasteiger partial charge in [0.25, 0.3) is 0 Å². The summed E-state index contributed by atoms with van der Waals surface area (Å²) in [4.78, 5) is 10.1. The quantitative estimate of drug-likeness (QED) is 0.407. The van der Waals surface area contributed by atoms with Gasteiger partial charge in [0, 0.05) is 60.5 Å². The van der Waals surface area contributed by atoms with Gasteiger partial charge in [-0.15, -0.1) is 0 Å². The van der Waals surface area contributed by atoms with Crippen LogP contribution in [0.5, 0.6) is 0 Å². The van der Waals surface area contributed by atoms with Gasteiger partial charge in [-0.25, -0.2) is 0 Å². The van der Waals surface area contributed by atoms with Crippen LogP contribution >= 0.6 is 0 Å². The van der Waals surface area contributed by atoms with Crippen LogP contribution in [0.25, 0.3) is 21.5 Å². The van der Waals surface area contributed by atoms with Crippen molar-refractivity contribution in [1.29, 1.82) is 0 Å². The molecule has 0 aliphatic heterocycles. The van der Waals surface area contributed by atoms with Crippen molar-refractivity contribution in [2.24, 2.45) is 24.1 Å². The molecule has 1 saturated carbocycles. The zero-order valence-corrected chi connectivity index (χ0v) is 17.7. The van der Waals surface area contributed by atoms with Crippen molar-refractivity contribution in [2.75, 3.05) is 0 Å². The molecule has 5 rings (SSSR count). The Bertz CT molecular complexity index is 1140. The van der Waals surface area contributed by atoms with E-state index in [-0.39, 0.29) is 12.1 Å². The summed E-state index contributed by atoms with van der Waals surface area (Å²) >= 11 is 0. The van der Waals surface area contributed by atoms with Crippen LogP contribution in [-0.2, 0) is 14.1 Å². The fourth-order valence-electron chi connectivity index (χ4n) is 4.72. The summed E-state index contributed by atoms with van der Waals surface area (Å²) in [5, 5.41) is 5.04. The lowest BCUT2D eigenvalue weighted by Crippen LogP contribution is -2.27. The lowest BCUT2D eigenvalue weighted by atomic mass is 9.91. The number of hydrogen-bond donors (Lipinski definition) is 0. The monoisotopic (exact) mass is 396 g/mol. The van der Waals surface area contributed by atoms with E-state index >= 15 is 0 Å². The van der Waals surface area contributed by atoms with Gasteiger partial charge < -0.3 is 9.13 Å². The zero-order chi connectivity index (χ0) is 20.5. The maximum absolute atomic E-state index is 5.04. The summed E-state index contributed by atoms with van der Waals surface area (Å²) in [7, 11) is 4.19. The number of nitrogens with zero attached hydrogens (tertiary/aromatic N) is 4. The highest BCUT2D eigenvalue weighted by molar-refractivity contribution is 6.00. The molecular formula is C26H28N4. The van der Waals surface area contributed by atoms with E-state index in [0.717, 1.165) is 12.8 Å². The summed E-state index contributed by atoms with van der Waals surface area (Å²) in [6.07, 6.45) is 13.2. The maximum atomic E-state index is 5.04. The number of hydrogen-bond acceptors (Lipinski definition) is 2. The van der Waals surface area contributed by atoms with E-state index in [0.29, 0.717) is 0 Å². The topological polar surface area (TPSA) is 34.6 Å². The number of rotatable bonds is 4. The molecule has 0 amide bonds. The van der Waals surface area contributed by atoms with Crippen molar-refractivity contribution in [3.05, 3.63) is 72.3 Å². The summed E-state index contributed by atoms with van der Waals surface area (Å²) in [5.74, 6) is 0. The molecule has 1 aliphatic rings. The minimum atomic E-state index is 0.246. The summed E-state index contributed by atoms with van der Waals surface area (Å²) in [6, 6.07) is 17.5. The minimum Gasteiger partial charge on any atom is -0.349 e. The first-order chi connectivity index (χ1) is 14.7. The molecule has 152 valence electrons. The Balaban J connectivity index is 1.42. The molecule has 0 bridgehead atoms. The molecule has 1 fully saturated rings. The van der Waals surface area contributed by atoms with Crippen LogP contribution in [0.4, 0.5) is 0 Å². The van der Waals surface area contributed by atoms with Gasteiger partial charge in [-0.3, -0.25) is 9.98 Å².